The molecular formula is C32H37N5O6. The highest BCUT2D eigenvalue weighted by Gasteiger charge is 2.39. The van der Waals surface area contributed by atoms with E-state index >= 15 is 0 Å². The van der Waals surface area contributed by atoms with Crippen LogP contribution in [0.4, 0.5) is 0 Å². The van der Waals surface area contributed by atoms with Gasteiger partial charge in [-0.25, -0.2) is 9.97 Å². The summed E-state index contributed by atoms with van der Waals surface area (Å²) in [5.74, 6) is 0.592. The quantitative estimate of drug-likeness (QED) is 0.359. The normalized spacial score (nSPS) is 26.6. The van der Waals surface area contributed by atoms with Crippen molar-refractivity contribution in [1.29, 1.82) is 0 Å². The molecule has 4 heterocycles. The fourth-order valence-electron chi connectivity index (χ4n) is 6.09. The fraction of sp³-hybridized carbons (Fsp3) is 0.438. The molecule has 2 aromatic carbocycles. The van der Waals surface area contributed by atoms with Gasteiger partial charge in [0.25, 0.3) is 5.91 Å². The minimum atomic E-state index is -0.665. The average molecular weight is 588 g/mol. The summed E-state index contributed by atoms with van der Waals surface area (Å²) in [6.45, 7) is 1.28. The summed E-state index contributed by atoms with van der Waals surface area (Å²) >= 11 is 0. The number of hydrogen-bond acceptors (Lipinski definition) is 9. The predicted octanol–water partition coefficient (Wildman–Crippen LogP) is 1.82. The van der Waals surface area contributed by atoms with Crippen LogP contribution in [-0.2, 0) is 22.7 Å². The Morgan fingerprint density at radius 3 is 2.58 bits per heavy atom. The van der Waals surface area contributed by atoms with Gasteiger partial charge in [-0.1, -0.05) is 30.3 Å². The Morgan fingerprint density at radius 2 is 1.79 bits per heavy atom. The lowest BCUT2D eigenvalue weighted by molar-refractivity contribution is -0.133. The molecule has 11 heteroatoms. The molecule has 0 saturated carbocycles. The number of fused-ring (bicyclic) bond motifs is 5. The number of aliphatic hydroxyl groups is 2. The lowest BCUT2D eigenvalue weighted by atomic mass is 9.99. The molecule has 3 aliphatic heterocycles. The lowest BCUT2D eigenvalue weighted by Crippen LogP contribution is -2.50. The number of aromatic nitrogens is 2. The standard InChI is InChI=1S/C32H37N5O6/c38-19-20-2-4-21(5-3-20)22-6-8-25-28(14-22)42-13-10-24-7-9-27(39)29(43-24)16-35-32(41)26-15-23(36-31(25)40)17-37(26)18-30-33-11-1-12-34-30/h1-6,8,11-12,14,23-24,26-27,29,38-39H,7,9-10,13,15-19H2,(H,35,41)(H,36,40)/t23-,24-,26-,27-,29+/m0/s1. The Kier molecular flexibility index (Phi) is 8.94. The van der Waals surface area contributed by atoms with Gasteiger partial charge in [0, 0.05) is 37.9 Å². The molecule has 2 amide bonds. The van der Waals surface area contributed by atoms with Gasteiger partial charge in [-0.2, -0.15) is 0 Å². The van der Waals surface area contributed by atoms with Gasteiger partial charge in [0.2, 0.25) is 5.91 Å². The first kappa shape index (κ1) is 29.2. The zero-order valence-electron chi connectivity index (χ0n) is 23.9. The molecular weight excluding hydrogens is 550 g/mol. The Hall–Kier alpha value is -3.90. The number of likely N-dealkylation sites (tertiary alicyclic amines) is 1. The van der Waals surface area contributed by atoms with E-state index in [9.17, 15) is 19.8 Å². The van der Waals surface area contributed by atoms with Gasteiger partial charge in [0.1, 0.15) is 17.7 Å². The first-order valence-corrected chi connectivity index (χ1v) is 14.9. The molecule has 0 unspecified atom stereocenters. The summed E-state index contributed by atoms with van der Waals surface area (Å²) in [7, 11) is 0. The second kappa shape index (κ2) is 13.2. The van der Waals surface area contributed by atoms with Crippen LogP contribution >= 0.6 is 0 Å². The van der Waals surface area contributed by atoms with Crippen molar-refractivity contribution in [3.8, 4) is 16.9 Å². The molecule has 226 valence electrons. The van der Waals surface area contributed by atoms with Crippen LogP contribution in [0, 0.1) is 0 Å². The average Bonchev–Trinajstić information content (AvgIpc) is 3.42. The molecule has 2 fully saturated rings. The number of ether oxygens (including phenoxy) is 2. The number of nitrogens with one attached hydrogen (secondary N) is 2. The third-order valence-corrected chi connectivity index (χ3v) is 8.46. The Bertz CT molecular complexity index is 1420. The number of carbonyl (C=O) groups is 2. The molecule has 1 aromatic heterocycles. The second-order valence-corrected chi connectivity index (χ2v) is 11.4. The van der Waals surface area contributed by atoms with Gasteiger partial charge < -0.3 is 30.3 Å². The Morgan fingerprint density at radius 1 is 1.00 bits per heavy atom. The highest BCUT2D eigenvalue weighted by atomic mass is 16.5. The minimum Gasteiger partial charge on any atom is -0.493 e. The summed E-state index contributed by atoms with van der Waals surface area (Å²) < 4.78 is 12.4. The van der Waals surface area contributed by atoms with E-state index in [-0.39, 0.29) is 37.1 Å². The van der Waals surface area contributed by atoms with E-state index in [4.69, 9.17) is 9.47 Å². The Labute approximate surface area is 250 Å². The second-order valence-electron chi connectivity index (χ2n) is 11.4. The Balaban J connectivity index is 1.29. The first-order chi connectivity index (χ1) is 21.0. The van der Waals surface area contributed by atoms with E-state index in [0.717, 1.165) is 16.7 Å². The summed E-state index contributed by atoms with van der Waals surface area (Å²) in [5.41, 5.74) is 3.05. The predicted molar refractivity (Wildman–Crippen MR) is 157 cm³/mol. The summed E-state index contributed by atoms with van der Waals surface area (Å²) in [5, 5.41) is 26.1. The van der Waals surface area contributed by atoms with E-state index in [0.29, 0.717) is 62.5 Å². The summed E-state index contributed by atoms with van der Waals surface area (Å²) in [6.07, 6.45) is 4.23. The van der Waals surface area contributed by atoms with Crippen molar-refractivity contribution in [1.82, 2.24) is 25.5 Å². The maximum atomic E-state index is 13.7. The van der Waals surface area contributed by atoms with Crippen molar-refractivity contribution in [3.05, 3.63) is 77.9 Å². The van der Waals surface area contributed by atoms with Crippen molar-refractivity contribution < 1.29 is 29.3 Å². The van der Waals surface area contributed by atoms with Crippen LogP contribution < -0.4 is 15.4 Å². The minimum absolute atomic E-state index is 0.0334. The lowest BCUT2D eigenvalue weighted by Gasteiger charge is -2.34. The van der Waals surface area contributed by atoms with Crippen LogP contribution in [-0.4, -0.2) is 87.0 Å². The molecule has 3 aromatic rings. The SMILES string of the molecule is O=C1N[C@H]2C[C@@H](C(=O)NC[C@H]3O[C@H](CCOc4cc(-c5ccc(CO)cc5)ccc41)CC[C@@H]3O)N(Cc1ncccn1)C2. The van der Waals surface area contributed by atoms with Gasteiger partial charge in [-0.3, -0.25) is 14.5 Å². The van der Waals surface area contributed by atoms with E-state index in [1.165, 1.54) is 0 Å². The molecule has 0 radical (unpaired) electrons. The van der Waals surface area contributed by atoms with Crippen molar-refractivity contribution in [2.75, 3.05) is 19.7 Å². The van der Waals surface area contributed by atoms with E-state index in [1.807, 2.05) is 41.3 Å². The van der Waals surface area contributed by atoms with E-state index in [2.05, 4.69) is 20.6 Å². The summed E-state index contributed by atoms with van der Waals surface area (Å²) in [6, 6.07) is 14.0. The summed E-state index contributed by atoms with van der Waals surface area (Å²) in [4.78, 5) is 37.7. The molecule has 2 saturated heterocycles. The number of carbonyl (C=O) groups excluding carboxylic acids is 2. The molecule has 4 N–H and O–H groups in total. The molecule has 0 aliphatic carbocycles. The smallest absolute Gasteiger partial charge is 0.255 e. The fourth-order valence-corrected chi connectivity index (χ4v) is 6.09. The molecule has 6 rings (SSSR count). The number of rotatable bonds is 4. The van der Waals surface area contributed by atoms with E-state index < -0.39 is 18.2 Å². The van der Waals surface area contributed by atoms with Crippen LogP contribution in [0.15, 0.2) is 60.9 Å². The van der Waals surface area contributed by atoms with Crippen LogP contribution in [0.25, 0.3) is 11.1 Å². The van der Waals surface area contributed by atoms with Crippen molar-refractivity contribution >= 4 is 11.8 Å². The third-order valence-electron chi connectivity index (χ3n) is 8.46. The first-order valence-electron chi connectivity index (χ1n) is 14.9. The zero-order chi connectivity index (χ0) is 29.8. The zero-order valence-corrected chi connectivity index (χ0v) is 23.9. The number of nitrogens with zero attached hydrogens (tertiary/aromatic N) is 3. The van der Waals surface area contributed by atoms with Crippen molar-refractivity contribution in [2.45, 2.75) is 69.2 Å². The maximum absolute atomic E-state index is 13.7. The maximum Gasteiger partial charge on any atom is 0.255 e. The van der Waals surface area contributed by atoms with Gasteiger partial charge >= 0.3 is 0 Å². The molecule has 3 aliphatic rings. The molecule has 0 spiro atoms. The van der Waals surface area contributed by atoms with Crippen LogP contribution in [0.5, 0.6) is 5.75 Å². The number of aliphatic hydroxyl groups excluding tert-OH is 2. The van der Waals surface area contributed by atoms with Crippen LogP contribution in [0.1, 0.15) is 47.4 Å². The van der Waals surface area contributed by atoms with Gasteiger partial charge in [0.15, 0.2) is 0 Å². The topological polar surface area (TPSA) is 146 Å². The van der Waals surface area contributed by atoms with Crippen LogP contribution in [0.3, 0.4) is 0 Å². The highest BCUT2D eigenvalue weighted by Crippen LogP contribution is 2.30. The molecule has 5 atom stereocenters. The molecule has 4 bridgehead atoms. The number of hydrogen-bond donors (Lipinski definition) is 4. The van der Waals surface area contributed by atoms with Gasteiger partial charge in [0.05, 0.1) is 43.6 Å². The number of amides is 2. The third kappa shape index (κ3) is 6.86. The largest absolute Gasteiger partial charge is 0.493 e. The van der Waals surface area contributed by atoms with Gasteiger partial charge in [-0.15, -0.1) is 0 Å². The van der Waals surface area contributed by atoms with E-state index in [1.54, 1.807) is 24.5 Å². The van der Waals surface area contributed by atoms with Gasteiger partial charge in [-0.05, 0) is 54.2 Å². The molecule has 11 nitrogen and oxygen atoms in total. The van der Waals surface area contributed by atoms with Crippen LogP contribution in [0.2, 0.25) is 0 Å². The number of benzene rings is 2. The highest BCUT2D eigenvalue weighted by molar-refractivity contribution is 5.98. The monoisotopic (exact) mass is 587 g/mol. The molecule has 43 heavy (non-hydrogen) atoms. The van der Waals surface area contributed by atoms with Crippen molar-refractivity contribution in [3.63, 3.8) is 0 Å². The van der Waals surface area contributed by atoms with Crippen molar-refractivity contribution in [2.24, 2.45) is 0 Å².